The third-order valence-electron chi connectivity index (χ3n) is 6.53. The van der Waals surface area contributed by atoms with Crippen LogP contribution in [0.3, 0.4) is 0 Å². The fourth-order valence-corrected chi connectivity index (χ4v) is 5.98. The van der Waals surface area contributed by atoms with Crippen LogP contribution in [0.1, 0.15) is 72.4 Å². The predicted molar refractivity (Wildman–Crippen MR) is 153 cm³/mol. The molecule has 0 saturated carbocycles. The quantitative estimate of drug-likeness (QED) is 0.161. The number of hydrogen-bond donors (Lipinski definition) is 0. The smallest absolute Gasteiger partial charge is 0.417 e. The first-order chi connectivity index (χ1) is 19.3. The third kappa shape index (κ3) is 6.76. The molecule has 1 fully saturated rings. The maximum Gasteiger partial charge on any atom is 0.417 e. The number of carbonyl (C=O) groups excluding carboxylic acids is 2. The zero-order valence-corrected chi connectivity index (χ0v) is 26.6. The van der Waals surface area contributed by atoms with Crippen molar-refractivity contribution in [2.24, 2.45) is 0 Å². The van der Waals surface area contributed by atoms with Crippen molar-refractivity contribution in [3.05, 3.63) is 21.9 Å². The maximum atomic E-state index is 15.4. The summed E-state index contributed by atoms with van der Waals surface area (Å²) >= 11 is 3.91. The molecule has 1 aromatic carbocycles. The van der Waals surface area contributed by atoms with Gasteiger partial charge in [-0.2, -0.15) is 13.2 Å². The lowest BCUT2D eigenvalue weighted by Gasteiger charge is -2.40. The molecule has 1 saturated heterocycles. The summed E-state index contributed by atoms with van der Waals surface area (Å²) in [5.74, 6) is -1.67. The summed E-state index contributed by atoms with van der Waals surface area (Å²) in [6.07, 6.45) is -3.36. The standard InChI is InChI=1S/C27H32BrF4N5O4S/c1-25(2,3)40-17(38)11-14-10-13(8-9-36(14)24(39)41-26(4,5)6)37-22-15-12-16(27(30,31)32)18(28)19(29)20(15)33-23(42-7)21(22)34-35-37/h12-14H,8-11H2,1-7H3/t13-,14-/m0/s1. The molecule has 2 atom stereocenters. The van der Waals surface area contributed by atoms with Gasteiger partial charge in [0.25, 0.3) is 0 Å². The number of ether oxygens (including phenoxy) is 2. The fourth-order valence-electron chi connectivity index (χ4n) is 4.94. The van der Waals surface area contributed by atoms with E-state index < -0.39 is 57.4 Å². The number of piperidine rings is 1. The number of hydrogen-bond acceptors (Lipinski definition) is 8. The Morgan fingerprint density at radius 1 is 1.10 bits per heavy atom. The van der Waals surface area contributed by atoms with E-state index in [0.717, 1.165) is 17.8 Å². The molecule has 230 valence electrons. The van der Waals surface area contributed by atoms with Gasteiger partial charge >= 0.3 is 18.2 Å². The molecule has 1 aliphatic rings. The highest BCUT2D eigenvalue weighted by Gasteiger charge is 2.39. The number of rotatable bonds is 4. The summed E-state index contributed by atoms with van der Waals surface area (Å²) in [5.41, 5.74) is -2.56. The number of pyridine rings is 1. The van der Waals surface area contributed by atoms with Crippen molar-refractivity contribution in [2.75, 3.05) is 12.8 Å². The van der Waals surface area contributed by atoms with Crippen LogP contribution in [0, 0.1) is 5.82 Å². The summed E-state index contributed by atoms with van der Waals surface area (Å²) < 4.78 is 68.7. The Hall–Kier alpha value is -2.68. The van der Waals surface area contributed by atoms with Crippen molar-refractivity contribution < 1.29 is 36.6 Å². The van der Waals surface area contributed by atoms with Crippen LogP contribution in [0.4, 0.5) is 22.4 Å². The van der Waals surface area contributed by atoms with E-state index in [2.05, 4.69) is 31.2 Å². The lowest BCUT2D eigenvalue weighted by Crippen LogP contribution is -2.49. The summed E-state index contributed by atoms with van der Waals surface area (Å²) in [6.45, 7) is 10.6. The van der Waals surface area contributed by atoms with Gasteiger partial charge in [-0.15, -0.1) is 16.9 Å². The Morgan fingerprint density at radius 3 is 2.31 bits per heavy atom. The van der Waals surface area contributed by atoms with E-state index in [1.807, 2.05) is 0 Å². The first-order valence-electron chi connectivity index (χ1n) is 13.2. The van der Waals surface area contributed by atoms with Crippen LogP contribution in [-0.2, 0) is 20.4 Å². The lowest BCUT2D eigenvalue weighted by molar-refractivity contribution is -0.156. The Bertz CT molecular complexity index is 1530. The topological polar surface area (TPSA) is 99.4 Å². The number of likely N-dealkylation sites (tertiary alicyclic amines) is 1. The predicted octanol–water partition coefficient (Wildman–Crippen LogP) is 7.29. The molecule has 42 heavy (non-hydrogen) atoms. The van der Waals surface area contributed by atoms with E-state index in [-0.39, 0.29) is 41.3 Å². The normalized spacial score (nSPS) is 18.5. The Kier molecular flexibility index (Phi) is 8.78. The van der Waals surface area contributed by atoms with Crippen LogP contribution < -0.4 is 0 Å². The highest BCUT2D eigenvalue weighted by molar-refractivity contribution is 9.10. The Labute approximate surface area is 252 Å². The van der Waals surface area contributed by atoms with Gasteiger partial charge in [0.05, 0.1) is 22.5 Å². The molecule has 3 aromatic rings. The third-order valence-corrected chi connectivity index (χ3v) is 7.98. The van der Waals surface area contributed by atoms with Crippen LogP contribution in [0.15, 0.2) is 15.6 Å². The van der Waals surface area contributed by atoms with Gasteiger partial charge in [0, 0.05) is 18.0 Å². The van der Waals surface area contributed by atoms with E-state index in [0.29, 0.717) is 11.4 Å². The summed E-state index contributed by atoms with van der Waals surface area (Å²) in [6, 6.07) is -0.324. The Morgan fingerprint density at radius 2 is 1.74 bits per heavy atom. The van der Waals surface area contributed by atoms with Gasteiger partial charge in [0.2, 0.25) is 0 Å². The molecule has 0 unspecified atom stereocenters. The summed E-state index contributed by atoms with van der Waals surface area (Å²) in [5, 5.41) is 8.68. The zero-order valence-electron chi connectivity index (χ0n) is 24.2. The molecule has 1 aliphatic heterocycles. The monoisotopic (exact) mass is 677 g/mol. The number of benzene rings is 1. The van der Waals surface area contributed by atoms with Crippen LogP contribution >= 0.6 is 27.7 Å². The molecular formula is C27H32BrF4N5O4S. The second kappa shape index (κ2) is 11.4. The van der Waals surface area contributed by atoms with Crippen LogP contribution in [0.5, 0.6) is 0 Å². The van der Waals surface area contributed by atoms with E-state index >= 15 is 4.39 Å². The zero-order chi connectivity index (χ0) is 31.4. The number of carbonyl (C=O) groups is 2. The SMILES string of the molecule is CSc1nc2c(F)c(Br)c(C(F)(F)F)cc2c2c1nnn2[C@H]1CCN(C(=O)OC(C)(C)C)[C@H](CC(=O)OC(C)(C)C)C1. The number of thioether (sulfide) groups is 1. The Balaban J connectivity index is 1.82. The summed E-state index contributed by atoms with van der Waals surface area (Å²) in [4.78, 5) is 31.7. The molecule has 9 nitrogen and oxygen atoms in total. The van der Waals surface area contributed by atoms with Crippen LogP contribution in [0.2, 0.25) is 0 Å². The molecular weight excluding hydrogens is 646 g/mol. The minimum atomic E-state index is -4.84. The van der Waals surface area contributed by atoms with Crippen molar-refractivity contribution in [3.63, 3.8) is 0 Å². The molecule has 0 N–H and O–H groups in total. The van der Waals surface area contributed by atoms with Gasteiger partial charge in [-0.05, 0) is 82.6 Å². The highest BCUT2D eigenvalue weighted by Crippen LogP contribution is 2.42. The van der Waals surface area contributed by atoms with Gasteiger partial charge in [0.15, 0.2) is 5.82 Å². The van der Waals surface area contributed by atoms with Crippen LogP contribution in [0.25, 0.3) is 21.9 Å². The van der Waals surface area contributed by atoms with Crippen molar-refractivity contribution in [1.82, 2.24) is 24.9 Å². The molecule has 0 aliphatic carbocycles. The van der Waals surface area contributed by atoms with E-state index in [9.17, 15) is 22.8 Å². The van der Waals surface area contributed by atoms with Gasteiger partial charge < -0.3 is 14.4 Å². The highest BCUT2D eigenvalue weighted by atomic mass is 79.9. The first kappa shape index (κ1) is 32.2. The first-order valence-corrected chi connectivity index (χ1v) is 15.2. The minimum Gasteiger partial charge on any atom is -0.460 e. The molecule has 0 bridgehead atoms. The van der Waals surface area contributed by atoms with Gasteiger partial charge in [-0.1, -0.05) is 5.21 Å². The molecule has 0 radical (unpaired) electrons. The van der Waals surface area contributed by atoms with E-state index in [4.69, 9.17) is 9.47 Å². The molecule has 15 heteroatoms. The minimum absolute atomic E-state index is 0.0981. The molecule has 1 amide bonds. The molecule has 3 heterocycles. The van der Waals surface area contributed by atoms with E-state index in [1.54, 1.807) is 47.8 Å². The number of esters is 1. The van der Waals surface area contributed by atoms with Gasteiger partial charge in [-0.25, -0.2) is 18.9 Å². The fraction of sp³-hybridized carbons (Fsp3) is 0.593. The number of halogens is 5. The average molecular weight is 679 g/mol. The number of amides is 1. The van der Waals surface area contributed by atoms with E-state index in [1.165, 1.54) is 9.58 Å². The molecule has 4 rings (SSSR count). The maximum absolute atomic E-state index is 15.4. The second-order valence-corrected chi connectivity index (χ2v) is 13.7. The number of aromatic nitrogens is 4. The van der Waals surface area contributed by atoms with Crippen molar-refractivity contribution in [1.29, 1.82) is 0 Å². The van der Waals surface area contributed by atoms with Crippen molar-refractivity contribution in [2.45, 2.75) is 95.3 Å². The number of alkyl halides is 3. The average Bonchev–Trinajstić information content (AvgIpc) is 3.28. The molecule has 2 aromatic heterocycles. The summed E-state index contributed by atoms with van der Waals surface area (Å²) in [7, 11) is 0. The number of nitrogens with zero attached hydrogens (tertiary/aromatic N) is 5. The van der Waals surface area contributed by atoms with Crippen LogP contribution in [-0.4, -0.2) is 67.0 Å². The van der Waals surface area contributed by atoms with Gasteiger partial charge in [0.1, 0.15) is 32.8 Å². The second-order valence-electron chi connectivity index (χ2n) is 12.1. The largest absolute Gasteiger partial charge is 0.460 e. The number of fused-ring (bicyclic) bond motifs is 3. The van der Waals surface area contributed by atoms with Crippen molar-refractivity contribution in [3.8, 4) is 0 Å². The van der Waals surface area contributed by atoms with Crippen molar-refractivity contribution >= 4 is 61.7 Å². The lowest BCUT2D eigenvalue weighted by atomic mass is 9.94. The van der Waals surface area contributed by atoms with Gasteiger partial charge in [-0.3, -0.25) is 4.79 Å². The molecule has 0 spiro atoms.